The molecule has 0 aliphatic heterocycles. The topological polar surface area (TPSA) is 65.4 Å². The van der Waals surface area contributed by atoms with Gasteiger partial charge in [-0.25, -0.2) is 9.50 Å². The first-order valence-corrected chi connectivity index (χ1v) is 5.95. The van der Waals surface area contributed by atoms with Crippen molar-refractivity contribution in [3.05, 3.63) is 42.1 Å². The van der Waals surface area contributed by atoms with E-state index in [9.17, 15) is 0 Å². The van der Waals surface area contributed by atoms with Crippen LogP contribution in [-0.4, -0.2) is 21.7 Å². The average Bonchev–Trinajstić information content (AvgIpc) is 2.85. The minimum Gasteiger partial charge on any atom is -0.493 e. The van der Waals surface area contributed by atoms with Gasteiger partial charge in [0.1, 0.15) is 0 Å². The fourth-order valence-electron chi connectivity index (χ4n) is 1.94. The highest BCUT2D eigenvalue weighted by molar-refractivity contribution is 5.66. The van der Waals surface area contributed by atoms with Crippen LogP contribution in [0.15, 0.2) is 36.5 Å². The maximum atomic E-state index is 5.92. The van der Waals surface area contributed by atoms with Crippen molar-refractivity contribution in [1.29, 1.82) is 0 Å². The van der Waals surface area contributed by atoms with Crippen LogP contribution < -0.4 is 10.5 Å². The number of nitrogen functional groups attached to an aromatic ring is 1. The van der Waals surface area contributed by atoms with Crippen LogP contribution in [0.1, 0.15) is 5.56 Å². The monoisotopic (exact) mass is 254 g/mol. The molecule has 0 radical (unpaired) electrons. The Hall–Kier alpha value is -2.56. The Morgan fingerprint density at radius 3 is 2.84 bits per heavy atom. The van der Waals surface area contributed by atoms with Crippen LogP contribution in [0.5, 0.6) is 5.75 Å². The molecule has 0 spiro atoms. The molecule has 1 aromatic carbocycles. The van der Waals surface area contributed by atoms with Gasteiger partial charge in [-0.15, -0.1) is 5.10 Å². The summed E-state index contributed by atoms with van der Waals surface area (Å²) in [5.74, 6) is 1.33. The van der Waals surface area contributed by atoms with E-state index >= 15 is 0 Å². The SMILES string of the molecule is COc1cccn2nc(-c3ccc(C)c(N)c3)nc12. The number of nitrogens with two attached hydrogens (primary N) is 1. The fraction of sp³-hybridized carbons (Fsp3) is 0.143. The quantitative estimate of drug-likeness (QED) is 0.713. The molecule has 0 bridgehead atoms. The predicted molar refractivity (Wildman–Crippen MR) is 74.1 cm³/mol. The molecule has 96 valence electrons. The summed E-state index contributed by atoms with van der Waals surface area (Å²) in [4.78, 5) is 4.50. The molecule has 3 aromatic rings. The van der Waals surface area contributed by atoms with Gasteiger partial charge in [-0.1, -0.05) is 12.1 Å². The number of methoxy groups -OCH3 is 1. The lowest BCUT2D eigenvalue weighted by Crippen LogP contribution is -1.91. The van der Waals surface area contributed by atoms with E-state index < -0.39 is 0 Å². The second kappa shape index (κ2) is 4.28. The normalized spacial score (nSPS) is 10.8. The first-order valence-electron chi connectivity index (χ1n) is 5.95. The maximum absolute atomic E-state index is 5.92. The average molecular weight is 254 g/mol. The van der Waals surface area contributed by atoms with Gasteiger partial charge in [-0.2, -0.15) is 0 Å². The summed E-state index contributed by atoms with van der Waals surface area (Å²) in [5, 5.41) is 4.43. The Morgan fingerprint density at radius 1 is 1.26 bits per heavy atom. The van der Waals surface area contributed by atoms with Crippen molar-refractivity contribution in [3.63, 3.8) is 0 Å². The lowest BCUT2D eigenvalue weighted by atomic mass is 10.1. The second-order valence-corrected chi connectivity index (χ2v) is 4.35. The molecular weight excluding hydrogens is 240 g/mol. The highest BCUT2D eigenvalue weighted by Crippen LogP contribution is 2.24. The van der Waals surface area contributed by atoms with Crippen LogP contribution in [0.3, 0.4) is 0 Å². The summed E-state index contributed by atoms with van der Waals surface area (Å²) in [7, 11) is 1.62. The zero-order valence-corrected chi connectivity index (χ0v) is 10.8. The van der Waals surface area contributed by atoms with Crippen molar-refractivity contribution in [1.82, 2.24) is 14.6 Å². The van der Waals surface area contributed by atoms with Crippen molar-refractivity contribution < 1.29 is 4.74 Å². The first-order chi connectivity index (χ1) is 9.19. The third-order valence-electron chi connectivity index (χ3n) is 3.08. The van der Waals surface area contributed by atoms with E-state index in [1.54, 1.807) is 11.6 Å². The summed E-state index contributed by atoms with van der Waals surface area (Å²) >= 11 is 0. The maximum Gasteiger partial charge on any atom is 0.198 e. The van der Waals surface area contributed by atoms with Crippen molar-refractivity contribution in [3.8, 4) is 17.1 Å². The lowest BCUT2D eigenvalue weighted by molar-refractivity contribution is 0.416. The molecule has 2 heterocycles. The number of hydrogen-bond acceptors (Lipinski definition) is 4. The number of hydrogen-bond donors (Lipinski definition) is 1. The molecule has 0 aliphatic carbocycles. The summed E-state index contributed by atoms with van der Waals surface area (Å²) in [6.45, 7) is 1.97. The van der Waals surface area contributed by atoms with Crippen molar-refractivity contribution >= 4 is 11.3 Å². The number of rotatable bonds is 2. The third-order valence-corrected chi connectivity index (χ3v) is 3.08. The molecule has 0 saturated heterocycles. The van der Waals surface area contributed by atoms with Gasteiger partial charge in [-0.3, -0.25) is 0 Å². The van der Waals surface area contributed by atoms with E-state index in [1.807, 2.05) is 43.5 Å². The van der Waals surface area contributed by atoms with Gasteiger partial charge in [0.25, 0.3) is 0 Å². The van der Waals surface area contributed by atoms with Crippen LogP contribution >= 0.6 is 0 Å². The van der Waals surface area contributed by atoms with Crippen LogP contribution in [-0.2, 0) is 0 Å². The molecule has 0 saturated carbocycles. The van der Waals surface area contributed by atoms with Gasteiger partial charge in [0.05, 0.1) is 7.11 Å². The van der Waals surface area contributed by atoms with Crippen molar-refractivity contribution in [2.75, 3.05) is 12.8 Å². The first kappa shape index (κ1) is 11.5. The van der Waals surface area contributed by atoms with Gasteiger partial charge in [-0.05, 0) is 30.7 Å². The number of aromatic nitrogens is 3. The van der Waals surface area contributed by atoms with Crippen molar-refractivity contribution in [2.45, 2.75) is 6.92 Å². The Kier molecular flexibility index (Phi) is 2.59. The molecule has 0 atom stereocenters. The largest absolute Gasteiger partial charge is 0.493 e. The van der Waals surface area contributed by atoms with E-state index in [1.165, 1.54) is 0 Å². The molecule has 0 aliphatic rings. The van der Waals surface area contributed by atoms with Crippen LogP contribution in [0.4, 0.5) is 5.69 Å². The van der Waals surface area contributed by atoms with E-state index in [0.29, 0.717) is 17.2 Å². The smallest absolute Gasteiger partial charge is 0.198 e. The predicted octanol–water partition coefficient (Wildman–Crippen LogP) is 2.30. The molecule has 5 nitrogen and oxygen atoms in total. The van der Waals surface area contributed by atoms with Gasteiger partial charge >= 0.3 is 0 Å². The summed E-state index contributed by atoms with van der Waals surface area (Å²) in [6, 6.07) is 9.54. The number of fused-ring (bicyclic) bond motifs is 1. The summed E-state index contributed by atoms with van der Waals surface area (Å²) in [5.41, 5.74) is 9.30. The molecule has 3 rings (SSSR count). The second-order valence-electron chi connectivity index (χ2n) is 4.35. The van der Waals surface area contributed by atoms with E-state index in [2.05, 4.69) is 10.1 Å². The van der Waals surface area contributed by atoms with Gasteiger partial charge in [0, 0.05) is 17.4 Å². The molecule has 19 heavy (non-hydrogen) atoms. The van der Waals surface area contributed by atoms with Crippen LogP contribution in [0.25, 0.3) is 17.0 Å². The molecular formula is C14H14N4O. The molecule has 0 unspecified atom stereocenters. The Morgan fingerprint density at radius 2 is 2.11 bits per heavy atom. The van der Waals surface area contributed by atoms with Gasteiger partial charge in [0.2, 0.25) is 0 Å². The van der Waals surface area contributed by atoms with Crippen LogP contribution in [0, 0.1) is 6.92 Å². The molecule has 0 fully saturated rings. The Balaban J connectivity index is 2.17. The Bertz CT molecular complexity index is 748. The molecule has 2 N–H and O–H groups in total. The minimum absolute atomic E-state index is 0.635. The molecule has 0 amide bonds. The Labute approximate surface area is 110 Å². The minimum atomic E-state index is 0.635. The van der Waals surface area contributed by atoms with E-state index in [0.717, 1.165) is 16.8 Å². The highest BCUT2D eigenvalue weighted by atomic mass is 16.5. The summed E-state index contributed by atoms with van der Waals surface area (Å²) in [6.07, 6.45) is 1.84. The summed E-state index contributed by atoms with van der Waals surface area (Å²) < 4.78 is 6.97. The van der Waals surface area contributed by atoms with Crippen molar-refractivity contribution in [2.24, 2.45) is 0 Å². The lowest BCUT2D eigenvalue weighted by Gasteiger charge is -2.00. The number of benzene rings is 1. The van der Waals surface area contributed by atoms with Gasteiger partial charge in [0.15, 0.2) is 17.2 Å². The zero-order chi connectivity index (χ0) is 13.4. The van der Waals surface area contributed by atoms with Gasteiger partial charge < -0.3 is 10.5 Å². The highest BCUT2D eigenvalue weighted by Gasteiger charge is 2.10. The number of ether oxygens (including phenoxy) is 1. The number of nitrogens with zero attached hydrogens (tertiary/aromatic N) is 3. The number of pyridine rings is 1. The van der Waals surface area contributed by atoms with Crippen LogP contribution in [0.2, 0.25) is 0 Å². The number of anilines is 1. The van der Waals surface area contributed by atoms with E-state index in [-0.39, 0.29) is 0 Å². The molecule has 5 heteroatoms. The zero-order valence-electron chi connectivity index (χ0n) is 10.8. The standard InChI is InChI=1S/C14H14N4O/c1-9-5-6-10(8-11(9)15)13-16-14-12(19-2)4-3-7-18(14)17-13/h3-8H,15H2,1-2H3. The third kappa shape index (κ3) is 1.89. The van der Waals surface area contributed by atoms with E-state index in [4.69, 9.17) is 10.5 Å². The number of aryl methyl sites for hydroxylation is 1. The fourth-order valence-corrected chi connectivity index (χ4v) is 1.94. The molecule has 2 aromatic heterocycles.